The van der Waals surface area contributed by atoms with Crippen LogP contribution in [0.3, 0.4) is 0 Å². The smallest absolute Gasteiger partial charge is 0.338 e. The Balaban J connectivity index is 1.72. The molecule has 0 atom stereocenters. The summed E-state index contributed by atoms with van der Waals surface area (Å²) in [6.07, 6.45) is 1.49. The molecule has 0 unspecified atom stereocenters. The molecule has 3 aromatic rings. The number of carbonyl (C=O) groups is 2. The first-order valence-corrected chi connectivity index (χ1v) is 12.3. The van der Waals surface area contributed by atoms with Crippen LogP contribution in [0.25, 0.3) is 6.08 Å². The minimum atomic E-state index is -0.566. The van der Waals surface area contributed by atoms with E-state index in [1.165, 1.54) is 6.08 Å². The van der Waals surface area contributed by atoms with Crippen molar-refractivity contribution in [3.8, 4) is 11.8 Å². The summed E-state index contributed by atoms with van der Waals surface area (Å²) in [5, 5.41) is 12.2. The Bertz CT molecular complexity index is 1290. The number of anilines is 1. The highest BCUT2D eigenvalue weighted by atomic mass is 79.9. The molecule has 0 aromatic heterocycles. The van der Waals surface area contributed by atoms with E-state index < -0.39 is 11.9 Å². The molecule has 1 amide bonds. The van der Waals surface area contributed by atoms with Gasteiger partial charge in [0.2, 0.25) is 0 Å². The second-order valence-corrected chi connectivity index (χ2v) is 9.22. The molecule has 0 spiro atoms. The normalized spacial score (nSPS) is 10.9. The van der Waals surface area contributed by atoms with Crippen LogP contribution in [0.1, 0.15) is 34.0 Å². The van der Waals surface area contributed by atoms with Crippen molar-refractivity contribution in [2.45, 2.75) is 20.5 Å². The van der Waals surface area contributed by atoms with E-state index in [1.54, 1.807) is 43.3 Å². The summed E-state index contributed by atoms with van der Waals surface area (Å²) < 4.78 is 12.3. The number of benzene rings is 3. The molecule has 0 aliphatic rings. The Morgan fingerprint density at radius 3 is 2.34 bits per heavy atom. The van der Waals surface area contributed by atoms with Gasteiger partial charge in [0.05, 0.1) is 21.1 Å². The van der Waals surface area contributed by atoms with Gasteiger partial charge < -0.3 is 14.8 Å². The van der Waals surface area contributed by atoms with Crippen LogP contribution in [-0.2, 0) is 16.1 Å². The summed E-state index contributed by atoms with van der Waals surface area (Å²) in [4.78, 5) is 24.4. The fourth-order valence-corrected chi connectivity index (χ4v) is 4.63. The zero-order valence-corrected chi connectivity index (χ0v) is 22.3. The van der Waals surface area contributed by atoms with E-state index in [4.69, 9.17) is 9.47 Å². The first kappa shape index (κ1) is 26.2. The van der Waals surface area contributed by atoms with Crippen LogP contribution in [-0.4, -0.2) is 18.5 Å². The summed E-state index contributed by atoms with van der Waals surface area (Å²) in [7, 11) is 0. The molecule has 0 saturated heterocycles. The lowest BCUT2D eigenvalue weighted by atomic mass is 10.1. The van der Waals surface area contributed by atoms with E-state index >= 15 is 0 Å². The van der Waals surface area contributed by atoms with Gasteiger partial charge in [0.25, 0.3) is 5.91 Å². The van der Waals surface area contributed by atoms with Gasteiger partial charge in [0, 0.05) is 5.69 Å². The Labute approximate surface area is 220 Å². The van der Waals surface area contributed by atoms with Crippen molar-refractivity contribution >= 4 is 55.5 Å². The van der Waals surface area contributed by atoms with E-state index in [2.05, 4.69) is 43.2 Å². The van der Waals surface area contributed by atoms with Crippen molar-refractivity contribution in [1.82, 2.24) is 0 Å². The standard InChI is InChI=1S/C27H22Br2N2O4/c1-3-34-27(33)20-7-9-22(10-8-20)31-26(32)21(15-30)12-19-13-23(28)25(24(29)14-19)35-16-18-6-4-5-17(2)11-18/h4-14H,3,16H2,1-2H3,(H,31,32). The van der Waals surface area contributed by atoms with E-state index in [1.807, 2.05) is 31.2 Å². The monoisotopic (exact) mass is 596 g/mol. The van der Waals surface area contributed by atoms with Gasteiger partial charge in [-0.2, -0.15) is 5.26 Å². The number of hydrogen-bond donors (Lipinski definition) is 1. The number of nitrogens with zero attached hydrogens (tertiary/aromatic N) is 1. The lowest BCUT2D eigenvalue weighted by Gasteiger charge is -2.12. The van der Waals surface area contributed by atoms with Crippen molar-refractivity contribution in [3.05, 3.63) is 97.4 Å². The number of esters is 1. The number of nitriles is 1. The number of carbonyl (C=O) groups excluding carboxylic acids is 2. The van der Waals surface area contributed by atoms with Crippen molar-refractivity contribution in [2.75, 3.05) is 11.9 Å². The predicted molar refractivity (Wildman–Crippen MR) is 142 cm³/mol. The SMILES string of the molecule is CCOC(=O)c1ccc(NC(=O)C(C#N)=Cc2cc(Br)c(OCc3cccc(C)c3)c(Br)c2)cc1. The van der Waals surface area contributed by atoms with Gasteiger partial charge in [0.1, 0.15) is 24.0 Å². The number of amides is 1. The molecular weight excluding hydrogens is 576 g/mol. The summed E-state index contributed by atoms with van der Waals surface area (Å²) in [6, 6.07) is 19.8. The first-order valence-electron chi connectivity index (χ1n) is 10.7. The van der Waals surface area contributed by atoms with Crippen LogP contribution in [0.5, 0.6) is 5.75 Å². The summed E-state index contributed by atoms with van der Waals surface area (Å²) >= 11 is 7.03. The Morgan fingerprint density at radius 2 is 1.74 bits per heavy atom. The number of aryl methyl sites for hydroxylation is 1. The van der Waals surface area contributed by atoms with Crippen LogP contribution in [0.15, 0.2) is 75.2 Å². The molecule has 0 bridgehead atoms. The van der Waals surface area contributed by atoms with Crippen LogP contribution < -0.4 is 10.1 Å². The highest BCUT2D eigenvalue weighted by Gasteiger charge is 2.14. The molecule has 35 heavy (non-hydrogen) atoms. The molecule has 0 saturated carbocycles. The van der Waals surface area contributed by atoms with E-state index in [0.29, 0.717) is 38.1 Å². The quantitative estimate of drug-likeness (QED) is 0.175. The van der Waals surface area contributed by atoms with E-state index in [0.717, 1.165) is 11.1 Å². The average Bonchev–Trinajstić information content (AvgIpc) is 2.82. The van der Waals surface area contributed by atoms with Gasteiger partial charge in [-0.1, -0.05) is 29.8 Å². The summed E-state index contributed by atoms with van der Waals surface area (Å²) in [5.41, 5.74) is 3.59. The molecule has 0 fully saturated rings. The Hall–Kier alpha value is -3.41. The predicted octanol–water partition coefficient (Wildman–Crippen LogP) is 6.82. The molecular formula is C27H22Br2N2O4. The van der Waals surface area contributed by atoms with Crippen molar-refractivity contribution < 1.29 is 19.1 Å². The first-order chi connectivity index (χ1) is 16.8. The second-order valence-electron chi connectivity index (χ2n) is 7.51. The van der Waals surface area contributed by atoms with Gasteiger partial charge in [-0.3, -0.25) is 4.79 Å². The lowest BCUT2D eigenvalue weighted by molar-refractivity contribution is -0.112. The molecule has 178 valence electrons. The van der Waals surface area contributed by atoms with Crippen LogP contribution in [0.4, 0.5) is 5.69 Å². The summed E-state index contributed by atoms with van der Waals surface area (Å²) in [6.45, 7) is 4.43. The van der Waals surface area contributed by atoms with Crippen molar-refractivity contribution in [3.63, 3.8) is 0 Å². The van der Waals surface area contributed by atoms with Crippen LogP contribution in [0, 0.1) is 18.3 Å². The van der Waals surface area contributed by atoms with Crippen LogP contribution >= 0.6 is 31.9 Å². The number of ether oxygens (including phenoxy) is 2. The molecule has 3 aromatic carbocycles. The van der Waals surface area contributed by atoms with Gasteiger partial charge in [0.15, 0.2) is 0 Å². The highest BCUT2D eigenvalue weighted by Crippen LogP contribution is 2.36. The largest absolute Gasteiger partial charge is 0.487 e. The number of nitrogens with one attached hydrogen (secondary N) is 1. The number of halogens is 2. The third-order valence-corrected chi connectivity index (χ3v) is 5.99. The van der Waals surface area contributed by atoms with Crippen molar-refractivity contribution in [2.24, 2.45) is 0 Å². The maximum Gasteiger partial charge on any atom is 0.338 e. The summed E-state index contributed by atoms with van der Waals surface area (Å²) in [5.74, 6) is -0.387. The van der Waals surface area contributed by atoms with Gasteiger partial charge in [-0.15, -0.1) is 0 Å². The Morgan fingerprint density at radius 1 is 1.06 bits per heavy atom. The fraction of sp³-hybridized carbons (Fsp3) is 0.148. The van der Waals surface area contributed by atoms with Gasteiger partial charge >= 0.3 is 5.97 Å². The fourth-order valence-electron chi connectivity index (χ4n) is 3.18. The zero-order chi connectivity index (χ0) is 25.4. The molecule has 8 heteroatoms. The third kappa shape index (κ3) is 7.28. The molecule has 3 rings (SSSR count). The average molecular weight is 598 g/mol. The molecule has 0 aliphatic carbocycles. The van der Waals surface area contributed by atoms with Gasteiger partial charge in [-0.05, 0) is 99.3 Å². The molecule has 0 aliphatic heterocycles. The van der Waals surface area contributed by atoms with Crippen molar-refractivity contribution in [1.29, 1.82) is 5.26 Å². The highest BCUT2D eigenvalue weighted by molar-refractivity contribution is 9.11. The van der Waals surface area contributed by atoms with E-state index in [-0.39, 0.29) is 12.2 Å². The van der Waals surface area contributed by atoms with Crippen LogP contribution in [0.2, 0.25) is 0 Å². The topological polar surface area (TPSA) is 88.4 Å². The molecule has 1 N–H and O–H groups in total. The minimum Gasteiger partial charge on any atom is -0.487 e. The Kier molecular flexibility index (Phi) is 9.24. The maximum atomic E-state index is 12.7. The minimum absolute atomic E-state index is 0.0771. The van der Waals surface area contributed by atoms with Gasteiger partial charge in [-0.25, -0.2) is 4.79 Å². The molecule has 6 nitrogen and oxygen atoms in total. The third-order valence-electron chi connectivity index (χ3n) is 4.82. The second kappa shape index (κ2) is 12.3. The lowest BCUT2D eigenvalue weighted by Crippen LogP contribution is -2.13. The molecule has 0 heterocycles. The maximum absolute atomic E-state index is 12.7. The number of hydrogen-bond acceptors (Lipinski definition) is 5. The number of rotatable bonds is 8. The zero-order valence-electron chi connectivity index (χ0n) is 19.1. The van der Waals surface area contributed by atoms with E-state index in [9.17, 15) is 14.9 Å². The molecule has 0 radical (unpaired) electrons.